The number of nitrogens with zero attached hydrogens (tertiary/aromatic N) is 1. The molecule has 0 aliphatic carbocycles. The molecule has 0 saturated carbocycles. The van der Waals surface area contributed by atoms with Gasteiger partial charge in [-0.25, -0.2) is 4.39 Å². The molecule has 2 amide bonds. The summed E-state index contributed by atoms with van der Waals surface area (Å²) in [5.41, 5.74) is -0.246. The third kappa shape index (κ3) is 5.00. The van der Waals surface area contributed by atoms with Crippen LogP contribution in [0.3, 0.4) is 0 Å². The molecular weight excluding hydrogens is 341 g/mol. The van der Waals surface area contributed by atoms with Crippen molar-refractivity contribution >= 4 is 11.8 Å². The van der Waals surface area contributed by atoms with Gasteiger partial charge in [0.15, 0.2) is 0 Å². The monoisotopic (exact) mass is 367 g/mol. The molecular formula is C18H26FN3O4. The Balaban J connectivity index is 2.06. The van der Waals surface area contributed by atoms with E-state index >= 15 is 0 Å². The van der Waals surface area contributed by atoms with Crippen molar-refractivity contribution < 1.29 is 24.2 Å². The van der Waals surface area contributed by atoms with Gasteiger partial charge in [0.1, 0.15) is 5.82 Å². The van der Waals surface area contributed by atoms with Crippen molar-refractivity contribution in [3.05, 3.63) is 35.6 Å². The number of piperazine rings is 1. The highest BCUT2D eigenvalue weighted by atomic mass is 19.1. The fourth-order valence-electron chi connectivity index (χ4n) is 2.96. The van der Waals surface area contributed by atoms with Gasteiger partial charge < -0.3 is 20.8 Å². The Hall–Kier alpha value is -2.03. The molecule has 1 aromatic carbocycles. The van der Waals surface area contributed by atoms with E-state index in [-0.39, 0.29) is 31.4 Å². The molecule has 8 heteroatoms. The summed E-state index contributed by atoms with van der Waals surface area (Å²) >= 11 is 0. The van der Waals surface area contributed by atoms with Crippen LogP contribution < -0.4 is 10.6 Å². The standard InChI is InChI=1S/C18H26FN3O4/c1-2-18(11-23,12-24)21-16(25)9-15-17(26)20-7-8-22(15)10-13-3-5-14(19)6-4-13/h3-6,15,23-24H,2,7-12H2,1H3,(H,20,26)(H,21,25). The summed E-state index contributed by atoms with van der Waals surface area (Å²) in [7, 11) is 0. The van der Waals surface area contributed by atoms with Crippen molar-refractivity contribution in [3.8, 4) is 0 Å². The molecule has 1 fully saturated rings. The zero-order valence-corrected chi connectivity index (χ0v) is 14.9. The van der Waals surface area contributed by atoms with E-state index in [0.29, 0.717) is 26.1 Å². The number of aliphatic hydroxyl groups is 2. The molecule has 1 heterocycles. The SMILES string of the molecule is CCC(CO)(CO)NC(=O)CC1C(=O)NCCN1Cc1ccc(F)cc1. The maximum atomic E-state index is 13.1. The van der Waals surface area contributed by atoms with E-state index in [9.17, 15) is 24.2 Å². The van der Waals surface area contributed by atoms with E-state index in [1.165, 1.54) is 12.1 Å². The minimum atomic E-state index is -1.09. The van der Waals surface area contributed by atoms with E-state index in [0.717, 1.165) is 5.56 Å². The van der Waals surface area contributed by atoms with Crippen molar-refractivity contribution in [2.45, 2.75) is 37.9 Å². The van der Waals surface area contributed by atoms with Gasteiger partial charge in [-0.2, -0.15) is 0 Å². The number of nitrogens with one attached hydrogen (secondary N) is 2. The number of benzene rings is 1. The molecule has 7 nitrogen and oxygen atoms in total. The summed E-state index contributed by atoms with van der Waals surface area (Å²) in [6.07, 6.45) is 0.274. The predicted octanol–water partition coefficient (Wildman–Crippen LogP) is -0.234. The highest BCUT2D eigenvalue weighted by molar-refractivity contribution is 5.89. The molecule has 1 saturated heterocycles. The van der Waals surface area contributed by atoms with Crippen molar-refractivity contribution in [1.82, 2.24) is 15.5 Å². The molecule has 2 rings (SSSR count). The van der Waals surface area contributed by atoms with Gasteiger partial charge in [0.05, 0.1) is 31.2 Å². The molecule has 0 radical (unpaired) electrons. The van der Waals surface area contributed by atoms with Gasteiger partial charge in [0.2, 0.25) is 11.8 Å². The first kappa shape index (κ1) is 20.3. The Morgan fingerprint density at radius 2 is 2.00 bits per heavy atom. The van der Waals surface area contributed by atoms with Crippen molar-refractivity contribution in [2.24, 2.45) is 0 Å². The lowest BCUT2D eigenvalue weighted by atomic mass is 9.97. The maximum absolute atomic E-state index is 13.1. The Bertz CT molecular complexity index is 611. The molecule has 1 unspecified atom stereocenters. The van der Waals surface area contributed by atoms with Gasteiger partial charge >= 0.3 is 0 Å². The first-order valence-corrected chi connectivity index (χ1v) is 8.72. The zero-order valence-electron chi connectivity index (χ0n) is 14.9. The third-order valence-corrected chi connectivity index (χ3v) is 4.81. The molecule has 1 aliphatic heterocycles. The number of rotatable bonds is 8. The summed E-state index contributed by atoms with van der Waals surface area (Å²) < 4.78 is 13.1. The number of amides is 2. The summed E-state index contributed by atoms with van der Waals surface area (Å²) in [5.74, 6) is -0.991. The normalized spacial score (nSPS) is 18.5. The van der Waals surface area contributed by atoms with Gasteiger partial charge in [-0.05, 0) is 24.1 Å². The number of aliphatic hydroxyl groups excluding tert-OH is 2. The molecule has 0 spiro atoms. The summed E-state index contributed by atoms with van der Waals surface area (Å²) in [4.78, 5) is 26.5. The van der Waals surface area contributed by atoms with Crippen LogP contribution in [0.2, 0.25) is 0 Å². The first-order chi connectivity index (χ1) is 12.4. The second-order valence-electron chi connectivity index (χ2n) is 6.61. The molecule has 26 heavy (non-hydrogen) atoms. The molecule has 1 aliphatic rings. The fraction of sp³-hybridized carbons (Fsp3) is 0.556. The molecule has 1 atom stereocenters. The lowest BCUT2D eigenvalue weighted by molar-refractivity contribution is -0.135. The Labute approximate surface area is 152 Å². The summed E-state index contributed by atoms with van der Waals surface area (Å²) in [6, 6.07) is 5.36. The van der Waals surface area contributed by atoms with Crippen LogP contribution in [-0.4, -0.2) is 64.8 Å². The molecule has 4 N–H and O–H groups in total. The zero-order chi connectivity index (χ0) is 19.2. The van der Waals surface area contributed by atoms with Crippen LogP contribution in [-0.2, 0) is 16.1 Å². The third-order valence-electron chi connectivity index (χ3n) is 4.81. The largest absolute Gasteiger partial charge is 0.394 e. The highest BCUT2D eigenvalue weighted by Gasteiger charge is 2.34. The number of carbonyl (C=O) groups is 2. The van der Waals surface area contributed by atoms with E-state index in [1.54, 1.807) is 19.1 Å². The molecule has 144 valence electrons. The van der Waals surface area contributed by atoms with Crippen LogP contribution >= 0.6 is 0 Å². The average Bonchev–Trinajstić information content (AvgIpc) is 2.64. The fourth-order valence-corrected chi connectivity index (χ4v) is 2.96. The van der Waals surface area contributed by atoms with Crippen LogP contribution in [0.1, 0.15) is 25.3 Å². The summed E-state index contributed by atoms with van der Waals surface area (Å²) in [6.45, 7) is 2.44. The number of halogens is 1. The smallest absolute Gasteiger partial charge is 0.237 e. The van der Waals surface area contributed by atoms with Crippen LogP contribution in [0, 0.1) is 5.82 Å². The van der Waals surface area contributed by atoms with E-state index < -0.39 is 17.5 Å². The van der Waals surface area contributed by atoms with Gasteiger partial charge in [-0.3, -0.25) is 14.5 Å². The molecule has 1 aromatic rings. The van der Waals surface area contributed by atoms with Crippen molar-refractivity contribution in [1.29, 1.82) is 0 Å². The minimum Gasteiger partial charge on any atom is -0.394 e. The second-order valence-corrected chi connectivity index (χ2v) is 6.61. The summed E-state index contributed by atoms with van der Waals surface area (Å²) in [5, 5.41) is 24.3. The average molecular weight is 367 g/mol. The van der Waals surface area contributed by atoms with E-state index in [1.807, 2.05) is 4.90 Å². The number of hydrogen-bond donors (Lipinski definition) is 4. The van der Waals surface area contributed by atoms with Gasteiger partial charge in [-0.1, -0.05) is 19.1 Å². The van der Waals surface area contributed by atoms with Crippen LogP contribution in [0.25, 0.3) is 0 Å². The van der Waals surface area contributed by atoms with E-state index in [4.69, 9.17) is 0 Å². The minimum absolute atomic E-state index is 0.0885. The van der Waals surface area contributed by atoms with E-state index in [2.05, 4.69) is 10.6 Å². The predicted molar refractivity (Wildman–Crippen MR) is 93.6 cm³/mol. The highest BCUT2D eigenvalue weighted by Crippen LogP contribution is 2.16. The van der Waals surface area contributed by atoms with Crippen molar-refractivity contribution in [2.75, 3.05) is 26.3 Å². The van der Waals surface area contributed by atoms with Crippen molar-refractivity contribution in [3.63, 3.8) is 0 Å². The van der Waals surface area contributed by atoms with Crippen LogP contribution in [0.5, 0.6) is 0 Å². The Morgan fingerprint density at radius 3 is 2.58 bits per heavy atom. The topological polar surface area (TPSA) is 102 Å². The van der Waals surface area contributed by atoms with Gasteiger partial charge in [0, 0.05) is 19.6 Å². The Kier molecular flexibility index (Phi) is 7.07. The lowest BCUT2D eigenvalue weighted by Gasteiger charge is -2.36. The molecule has 0 aromatic heterocycles. The lowest BCUT2D eigenvalue weighted by Crippen LogP contribution is -2.59. The van der Waals surface area contributed by atoms with Crippen LogP contribution in [0.15, 0.2) is 24.3 Å². The van der Waals surface area contributed by atoms with Crippen LogP contribution in [0.4, 0.5) is 4.39 Å². The quantitative estimate of drug-likeness (QED) is 0.508. The number of hydrogen-bond acceptors (Lipinski definition) is 5. The molecule has 0 bridgehead atoms. The van der Waals surface area contributed by atoms with Gasteiger partial charge in [-0.15, -0.1) is 0 Å². The Morgan fingerprint density at radius 1 is 1.35 bits per heavy atom. The number of carbonyl (C=O) groups excluding carboxylic acids is 2. The first-order valence-electron chi connectivity index (χ1n) is 8.72. The second kappa shape index (κ2) is 9.07. The maximum Gasteiger partial charge on any atom is 0.237 e. The van der Waals surface area contributed by atoms with Gasteiger partial charge in [0.25, 0.3) is 0 Å².